The van der Waals surface area contributed by atoms with Crippen LogP contribution >= 0.6 is 24.0 Å². The van der Waals surface area contributed by atoms with Crippen LogP contribution in [0.1, 0.15) is 33.1 Å². The molecule has 0 atom stereocenters. The van der Waals surface area contributed by atoms with Crippen molar-refractivity contribution in [2.24, 2.45) is 0 Å². The Bertz CT molecular complexity index is 216. The van der Waals surface area contributed by atoms with E-state index in [2.05, 4.69) is 23.5 Å². The maximum Gasteiger partial charge on any atom is 0.306 e. The first kappa shape index (κ1) is 15.7. The Morgan fingerprint density at radius 2 is 1.88 bits per heavy atom. The van der Waals surface area contributed by atoms with Crippen LogP contribution < -0.4 is 0 Å². The van der Waals surface area contributed by atoms with Gasteiger partial charge in [-0.05, 0) is 12.8 Å². The molecule has 0 heterocycles. The first-order valence-electron chi connectivity index (χ1n) is 5.64. The van der Waals surface area contributed by atoms with Gasteiger partial charge in [-0.15, -0.1) is 0 Å². The van der Waals surface area contributed by atoms with Gasteiger partial charge in [-0.2, -0.15) is 0 Å². The van der Waals surface area contributed by atoms with Gasteiger partial charge in [0.1, 0.15) is 4.32 Å². The van der Waals surface area contributed by atoms with Gasteiger partial charge in [-0.3, -0.25) is 4.79 Å². The number of methoxy groups -OCH3 is 1. The molecule has 0 aliphatic carbocycles. The van der Waals surface area contributed by atoms with Crippen LogP contribution in [0.3, 0.4) is 0 Å². The molecule has 0 N–H and O–H groups in total. The molecule has 0 unspecified atom stereocenters. The molecule has 0 saturated carbocycles. The number of carbonyl (C=O) groups excluding carboxylic acids is 1. The van der Waals surface area contributed by atoms with Crippen LogP contribution in [0.5, 0.6) is 0 Å². The smallest absolute Gasteiger partial charge is 0.306 e. The fourth-order valence-corrected chi connectivity index (χ4v) is 2.49. The van der Waals surface area contributed by atoms with Gasteiger partial charge in [0.15, 0.2) is 0 Å². The predicted octanol–water partition coefficient (Wildman–Crippen LogP) is 2.69. The van der Waals surface area contributed by atoms with Crippen LogP contribution in [0.2, 0.25) is 0 Å². The molecule has 0 amide bonds. The minimum Gasteiger partial charge on any atom is -0.469 e. The monoisotopic (exact) mass is 263 g/mol. The van der Waals surface area contributed by atoms with Crippen LogP contribution in [0.25, 0.3) is 0 Å². The summed E-state index contributed by atoms with van der Waals surface area (Å²) in [6.07, 6.45) is 2.61. The second-order valence-corrected chi connectivity index (χ2v) is 5.16. The number of esters is 1. The van der Waals surface area contributed by atoms with Gasteiger partial charge in [-0.1, -0.05) is 37.8 Å². The van der Waals surface area contributed by atoms with Gasteiger partial charge in [0, 0.05) is 18.8 Å². The molecule has 0 aliphatic rings. The van der Waals surface area contributed by atoms with Crippen LogP contribution in [0, 0.1) is 0 Å². The van der Waals surface area contributed by atoms with E-state index in [0.29, 0.717) is 12.2 Å². The van der Waals surface area contributed by atoms with E-state index in [1.807, 2.05) is 0 Å². The molecular formula is C11H21NO2S2. The largest absolute Gasteiger partial charge is 0.469 e. The van der Waals surface area contributed by atoms with Gasteiger partial charge < -0.3 is 9.64 Å². The summed E-state index contributed by atoms with van der Waals surface area (Å²) in [5.41, 5.74) is 0. The van der Waals surface area contributed by atoms with Gasteiger partial charge in [0.05, 0.1) is 13.5 Å². The number of thiocarbonyl (C=S) groups is 1. The summed E-state index contributed by atoms with van der Waals surface area (Å²) in [6, 6.07) is 0. The molecule has 0 bridgehead atoms. The summed E-state index contributed by atoms with van der Waals surface area (Å²) < 4.78 is 5.47. The molecule has 0 aliphatic heterocycles. The third-order valence-corrected chi connectivity index (χ3v) is 3.53. The second-order valence-electron chi connectivity index (χ2n) is 3.43. The molecule has 0 fully saturated rings. The molecule has 0 radical (unpaired) electrons. The molecule has 94 valence electrons. The highest BCUT2D eigenvalue weighted by Gasteiger charge is 2.09. The topological polar surface area (TPSA) is 29.5 Å². The lowest BCUT2D eigenvalue weighted by Gasteiger charge is -2.23. The summed E-state index contributed by atoms with van der Waals surface area (Å²) in [4.78, 5) is 13.1. The SMILES string of the molecule is CCCN(CCC)C(=S)SCCC(=O)OC. The van der Waals surface area contributed by atoms with Gasteiger partial charge in [0.25, 0.3) is 0 Å². The summed E-state index contributed by atoms with van der Waals surface area (Å²) >= 11 is 6.90. The Hall–Kier alpha value is -0.290. The molecular weight excluding hydrogens is 242 g/mol. The van der Waals surface area contributed by atoms with Crippen molar-refractivity contribution in [3.05, 3.63) is 0 Å². The third-order valence-electron chi connectivity index (χ3n) is 2.00. The minimum atomic E-state index is -0.173. The average Bonchev–Trinajstić information content (AvgIpc) is 2.28. The first-order chi connectivity index (χ1) is 7.65. The van der Waals surface area contributed by atoms with Crippen molar-refractivity contribution in [1.82, 2.24) is 4.90 Å². The number of hydrogen-bond donors (Lipinski definition) is 0. The summed E-state index contributed by atoms with van der Waals surface area (Å²) in [5, 5.41) is 0. The Morgan fingerprint density at radius 3 is 2.31 bits per heavy atom. The van der Waals surface area contributed by atoms with E-state index in [1.165, 1.54) is 7.11 Å². The Kier molecular flexibility index (Phi) is 9.72. The van der Waals surface area contributed by atoms with E-state index in [4.69, 9.17) is 12.2 Å². The number of nitrogens with zero attached hydrogens (tertiary/aromatic N) is 1. The van der Waals surface area contributed by atoms with Crippen LogP contribution in [-0.4, -0.2) is 41.1 Å². The standard InChI is InChI=1S/C11H21NO2S2/c1-4-7-12(8-5-2)11(15)16-9-6-10(13)14-3/h4-9H2,1-3H3. The van der Waals surface area contributed by atoms with Crippen molar-refractivity contribution in [2.45, 2.75) is 33.1 Å². The summed E-state index contributed by atoms with van der Waals surface area (Å²) in [7, 11) is 1.41. The molecule has 0 rings (SSSR count). The fourth-order valence-electron chi connectivity index (χ4n) is 1.25. The lowest BCUT2D eigenvalue weighted by Crippen LogP contribution is -2.29. The number of hydrogen-bond acceptors (Lipinski definition) is 4. The molecule has 0 aromatic rings. The summed E-state index contributed by atoms with van der Waals surface area (Å²) in [6.45, 7) is 6.28. The zero-order valence-electron chi connectivity index (χ0n) is 10.3. The first-order valence-corrected chi connectivity index (χ1v) is 7.03. The number of carbonyl (C=O) groups is 1. The molecule has 3 nitrogen and oxygen atoms in total. The van der Waals surface area contributed by atoms with Crippen molar-refractivity contribution in [3.63, 3.8) is 0 Å². The van der Waals surface area contributed by atoms with E-state index in [-0.39, 0.29) is 5.97 Å². The predicted molar refractivity (Wildman–Crippen MR) is 73.8 cm³/mol. The zero-order chi connectivity index (χ0) is 12.4. The zero-order valence-corrected chi connectivity index (χ0v) is 12.0. The maximum absolute atomic E-state index is 10.9. The Labute approximate surface area is 108 Å². The quantitative estimate of drug-likeness (QED) is 0.520. The van der Waals surface area contributed by atoms with Crippen molar-refractivity contribution in [3.8, 4) is 0 Å². The van der Waals surface area contributed by atoms with Crippen molar-refractivity contribution < 1.29 is 9.53 Å². The lowest BCUT2D eigenvalue weighted by molar-refractivity contribution is -0.140. The van der Waals surface area contributed by atoms with Gasteiger partial charge in [0.2, 0.25) is 0 Å². The van der Waals surface area contributed by atoms with Crippen molar-refractivity contribution >= 4 is 34.3 Å². The van der Waals surface area contributed by atoms with Crippen LogP contribution in [0.15, 0.2) is 0 Å². The molecule has 5 heteroatoms. The third kappa shape index (κ3) is 7.06. The van der Waals surface area contributed by atoms with Crippen molar-refractivity contribution in [1.29, 1.82) is 0 Å². The minimum absolute atomic E-state index is 0.173. The van der Waals surface area contributed by atoms with Crippen molar-refractivity contribution in [2.75, 3.05) is 26.0 Å². The maximum atomic E-state index is 10.9. The molecule has 0 spiro atoms. The van der Waals surface area contributed by atoms with Gasteiger partial charge >= 0.3 is 5.97 Å². The highest BCUT2D eigenvalue weighted by molar-refractivity contribution is 8.22. The highest BCUT2D eigenvalue weighted by atomic mass is 32.2. The molecule has 0 saturated heterocycles. The summed E-state index contributed by atoms with van der Waals surface area (Å²) in [5.74, 6) is 0.531. The van der Waals surface area contributed by atoms with Gasteiger partial charge in [-0.25, -0.2) is 0 Å². The Morgan fingerprint density at radius 1 is 1.31 bits per heavy atom. The molecule has 0 aromatic heterocycles. The second kappa shape index (κ2) is 9.90. The number of rotatable bonds is 7. The average molecular weight is 263 g/mol. The Balaban J connectivity index is 3.86. The normalized spacial score (nSPS) is 9.94. The van der Waals surface area contributed by atoms with E-state index in [9.17, 15) is 4.79 Å². The molecule has 0 aromatic carbocycles. The van der Waals surface area contributed by atoms with E-state index in [1.54, 1.807) is 11.8 Å². The highest BCUT2D eigenvalue weighted by Crippen LogP contribution is 2.12. The number of ether oxygens (including phenoxy) is 1. The van der Waals surface area contributed by atoms with E-state index in [0.717, 1.165) is 30.3 Å². The fraction of sp³-hybridized carbons (Fsp3) is 0.818. The number of thioether (sulfide) groups is 1. The van der Waals surface area contributed by atoms with Crippen LogP contribution in [0.4, 0.5) is 0 Å². The molecule has 16 heavy (non-hydrogen) atoms. The van der Waals surface area contributed by atoms with E-state index < -0.39 is 0 Å². The lowest BCUT2D eigenvalue weighted by atomic mass is 10.4. The van der Waals surface area contributed by atoms with Crippen LogP contribution in [-0.2, 0) is 9.53 Å². The van der Waals surface area contributed by atoms with E-state index >= 15 is 0 Å².